The molecule has 0 spiro atoms. The molecule has 1 aromatic carbocycles. The molecule has 0 atom stereocenters. The monoisotopic (exact) mass is 225 g/mol. The normalized spacial score (nSPS) is 11.2. The summed E-state index contributed by atoms with van der Waals surface area (Å²) in [5.74, 6) is 0. The van der Waals surface area contributed by atoms with Gasteiger partial charge in [-0.1, -0.05) is 23.7 Å². The molecule has 1 rings (SSSR count). The van der Waals surface area contributed by atoms with E-state index in [9.17, 15) is 0 Å². The van der Waals surface area contributed by atoms with Crippen molar-refractivity contribution in [2.75, 3.05) is 27.2 Å². The number of hydrogen-bond donors (Lipinski definition) is 0. The molecule has 0 aliphatic carbocycles. The zero-order valence-corrected chi connectivity index (χ0v) is 9.87. The Bertz CT molecular complexity index is 306. The summed E-state index contributed by atoms with van der Waals surface area (Å²) in [6, 6.07) is 7.63. The summed E-state index contributed by atoms with van der Waals surface area (Å²) < 4.78 is 5.32. The van der Waals surface area contributed by atoms with Crippen LogP contribution < -0.4 is 0 Å². The Morgan fingerprint density at radius 3 is 2.53 bits per heavy atom. The fourth-order valence-corrected chi connectivity index (χ4v) is 1.13. The first kappa shape index (κ1) is 12.1. The molecule has 2 nitrogen and oxygen atoms in total. The van der Waals surface area contributed by atoms with Gasteiger partial charge in [0.05, 0.1) is 12.9 Å². The Hall–Kier alpha value is -0.990. The molecule has 0 aliphatic heterocycles. The first-order valence-electron chi connectivity index (χ1n) is 4.87. The van der Waals surface area contributed by atoms with Gasteiger partial charge in [0, 0.05) is 11.6 Å². The molecule has 15 heavy (non-hydrogen) atoms. The van der Waals surface area contributed by atoms with Crippen molar-refractivity contribution in [1.82, 2.24) is 4.90 Å². The number of nitrogens with zero attached hydrogens (tertiary/aromatic N) is 1. The Morgan fingerprint density at radius 1 is 1.27 bits per heavy atom. The molecule has 0 bridgehead atoms. The van der Waals surface area contributed by atoms with E-state index in [0.717, 1.165) is 17.1 Å². The van der Waals surface area contributed by atoms with Crippen LogP contribution in [-0.4, -0.2) is 32.1 Å². The molecule has 82 valence electrons. The summed E-state index contributed by atoms with van der Waals surface area (Å²) in [7, 11) is 4.04. The van der Waals surface area contributed by atoms with E-state index in [2.05, 4.69) is 4.90 Å². The van der Waals surface area contributed by atoms with E-state index in [1.54, 1.807) is 6.26 Å². The van der Waals surface area contributed by atoms with Gasteiger partial charge in [-0.05, 0) is 37.9 Å². The molecule has 3 heteroatoms. The lowest BCUT2D eigenvalue weighted by atomic mass is 10.2. The SMILES string of the molecule is CN(C)CCO/C=C/c1ccc(Cl)cc1. The summed E-state index contributed by atoms with van der Waals surface area (Å²) in [6.07, 6.45) is 3.64. The van der Waals surface area contributed by atoms with Gasteiger partial charge in [0.2, 0.25) is 0 Å². The number of rotatable bonds is 5. The van der Waals surface area contributed by atoms with Crippen molar-refractivity contribution in [2.45, 2.75) is 0 Å². The topological polar surface area (TPSA) is 12.5 Å². The van der Waals surface area contributed by atoms with E-state index in [4.69, 9.17) is 16.3 Å². The standard InChI is InChI=1S/C12H16ClNO/c1-14(2)8-10-15-9-7-11-3-5-12(13)6-4-11/h3-7,9H,8,10H2,1-2H3/b9-7+. The molecule has 0 aliphatic rings. The van der Waals surface area contributed by atoms with Crippen molar-refractivity contribution in [3.63, 3.8) is 0 Å². The summed E-state index contributed by atoms with van der Waals surface area (Å²) in [5, 5.41) is 0.751. The van der Waals surface area contributed by atoms with Gasteiger partial charge in [0.25, 0.3) is 0 Å². The van der Waals surface area contributed by atoms with Gasteiger partial charge in [-0.15, -0.1) is 0 Å². The Kier molecular flexibility index (Phi) is 5.22. The van der Waals surface area contributed by atoms with E-state index in [1.165, 1.54) is 0 Å². The van der Waals surface area contributed by atoms with Gasteiger partial charge in [0.15, 0.2) is 0 Å². The van der Waals surface area contributed by atoms with E-state index < -0.39 is 0 Å². The molecule has 0 fully saturated rings. The minimum Gasteiger partial charge on any atom is -0.500 e. The van der Waals surface area contributed by atoms with Crippen LogP contribution in [0.3, 0.4) is 0 Å². The van der Waals surface area contributed by atoms with Gasteiger partial charge in [-0.25, -0.2) is 0 Å². The lowest BCUT2D eigenvalue weighted by Crippen LogP contribution is -2.16. The zero-order chi connectivity index (χ0) is 11.1. The number of benzene rings is 1. The second-order valence-electron chi connectivity index (χ2n) is 3.53. The van der Waals surface area contributed by atoms with Crippen molar-refractivity contribution < 1.29 is 4.74 Å². The third-order valence-electron chi connectivity index (χ3n) is 1.88. The van der Waals surface area contributed by atoms with Crippen LogP contribution in [0, 0.1) is 0 Å². The minimum atomic E-state index is 0.705. The summed E-state index contributed by atoms with van der Waals surface area (Å²) >= 11 is 5.77. The van der Waals surface area contributed by atoms with Crippen molar-refractivity contribution in [3.8, 4) is 0 Å². The van der Waals surface area contributed by atoms with Crippen LogP contribution in [0.2, 0.25) is 5.02 Å². The smallest absolute Gasteiger partial charge is 0.0999 e. The quantitative estimate of drug-likeness (QED) is 0.565. The van der Waals surface area contributed by atoms with Crippen LogP contribution in [0.15, 0.2) is 30.5 Å². The first-order chi connectivity index (χ1) is 7.18. The Morgan fingerprint density at radius 2 is 1.93 bits per heavy atom. The van der Waals surface area contributed by atoms with Crippen LogP contribution >= 0.6 is 11.6 Å². The minimum absolute atomic E-state index is 0.705. The predicted octanol–water partition coefficient (Wildman–Crippen LogP) is 2.89. The molecule has 0 saturated carbocycles. The molecular weight excluding hydrogens is 210 g/mol. The summed E-state index contributed by atoms with van der Waals surface area (Å²) in [5.41, 5.74) is 1.09. The maximum atomic E-state index is 5.77. The highest BCUT2D eigenvalue weighted by Crippen LogP contribution is 2.10. The van der Waals surface area contributed by atoms with Crippen molar-refractivity contribution in [3.05, 3.63) is 41.1 Å². The van der Waals surface area contributed by atoms with Gasteiger partial charge in [0.1, 0.15) is 0 Å². The third kappa shape index (κ3) is 5.45. The average molecular weight is 226 g/mol. The summed E-state index contributed by atoms with van der Waals surface area (Å²) in [6.45, 7) is 1.63. The molecule has 1 aromatic rings. The van der Waals surface area contributed by atoms with Crippen molar-refractivity contribution in [1.29, 1.82) is 0 Å². The number of ether oxygens (including phenoxy) is 1. The van der Waals surface area contributed by atoms with Gasteiger partial charge >= 0.3 is 0 Å². The fourth-order valence-electron chi connectivity index (χ4n) is 1.00. The first-order valence-corrected chi connectivity index (χ1v) is 5.25. The van der Waals surface area contributed by atoms with Crippen LogP contribution in [0.1, 0.15) is 5.56 Å². The zero-order valence-electron chi connectivity index (χ0n) is 9.11. The van der Waals surface area contributed by atoms with Crippen LogP contribution in [0.5, 0.6) is 0 Å². The van der Waals surface area contributed by atoms with E-state index >= 15 is 0 Å². The molecular formula is C12H16ClNO. The second-order valence-corrected chi connectivity index (χ2v) is 3.96. The lowest BCUT2D eigenvalue weighted by Gasteiger charge is -2.07. The van der Waals surface area contributed by atoms with Gasteiger partial charge in [-0.3, -0.25) is 0 Å². The van der Waals surface area contributed by atoms with E-state index in [0.29, 0.717) is 6.61 Å². The number of likely N-dealkylation sites (N-methyl/N-ethyl adjacent to an activating group) is 1. The highest BCUT2D eigenvalue weighted by Gasteiger charge is 1.89. The Labute approximate surface area is 96.1 Å². The third-order valence-corrected chi connectivity index (χ3v) is 2.14. The Balaban J connectivity index is 2.29. The molecule has 0 unspecified atom stereocenters. The van der Waals surface area contributed by atoms with E-state index in [1.807, 2.05) is 44.4 Å². The lowest BCUT2D eigenvalue weighted by molar-refractivity contribution is 0.214. The van der Waals surface area contributed by atoms with Gasteiger partial charge in [-0.2, -0.15) is 0 Å². The predicted molar refractivity (Wildman–Crippen MR) is 65.0 cm³/mol. The maximum Gasteiger partial charge on any atom is 0.0999 e. The van der Waals surface area contributed by atoms with Crippen molar-refractivity contribution >= 4 is 17.7 Å². The van der Waals surface area contributed by atoms with Crippen LogP contribution in [0.25, 0.3) is 6.08 Å². The average Bonchev–Trinajstić information content (AvgIpc) is 2.20. The summed E-state index contributed by atoms with van der Waals surface area (Å²) in [4.78, 5) is 2.08. The molecule has 0 amide bonds. The number of halogens is 1. The number of hydrogen-bond acceptors (Lipinski definition) is 2. The molecule has 0 aromatic heterocycles. The molecule has 0 saturated heterocycles. The second kappa shape index (κ2) is 6.49. The highest BCUT2D eigenvalue weighted by atomic mass is 35.5. The van der Waals surface area contributed by atoms with Gasteiger partial charge < -0.3 is 9.64 Å². The highest BCUT2D eigenvalue weighted by molar-refractivity contribution is 6.30. The van der Waals surface area contributed by atoms with Crippen LogP contribution in [-0.2, 0) is 4.74 Å². The van der Waals surface area contributed by atoms with E-state index in [-0.39, 0.29) is 0 Å². The largest absolute Gasteiger partial charge is 0.500 e. The molecule has 0 N–H and O–H groups in total. The molecule has 0 heterocycles. The van der Waals surface area contributed by atoms with Crippen molar-refractivity contribution in [2.24, 2.45) is 0 Å². The molecule has 0 radical (unpaired) electrons. The van der Waals surface area contributed by atoms with Crippen LogP contribution in [0.4, 0.5) is 0 Å². The maximum absolute atomic E-state index is 5.77. The fraction of sp³-hybridized carbons (Fsp3) is 0.333.